The van der Waals surface area contributed by atoms with E-state index in [9.17, 15) is 30.6 Å². The number of rotatable bonds is 12. The molecule has 0 radical (unpaired) electrons. The number of phenols is 2. The molecular formula is C29H38O11. The third-order valence-corrected chi connectivity index (χ3v) is 7.12. The lowest BCUT2D eigenvalue weighted by Crippen LogP contribution is -2.59. The first-order chi connectivity index (χ1) is 19.3. The van der Waals surface area contributed by atoms with E-state index >= 15 is 0 Å². The average Bonchev–Trinajstić information content (AvgIpc) is 3.32. The first-order valence-corrected chi connectivity index (χ1v) is 13.4. The van der Waals surface area contributed by atoms with Gasteiger partial charge in [-0.25, -0.2) is 0 Å². The van der Waals surface area contributed by atoms with Crippen LogP contribution in [0.2, 0.25) is 0 Å². The largest absolute Gasteiger partial charge is 0.504 e. The molecule has 7 atom stereocenters. The molecule has 2 aromatic rings. The number of benzene rings is 2. The second kappa shape index (κ2) is 13.6. The van der Waals surface area contributed by atoms with Crippen LogP contribution < -0.4 is 9.47 Å². The number of unbranched alkanes of at least 4 members (excludes halogenated alkanes) is 1. The van der Waals surface area contributed by atoms with Gasteiger partial charge in [-0.2, -0.15) is 0 Å². The molecule has 0 amide bonds. The van der Waals surface area contributed by atoms with Crippen LogP contribution >= 0.6 is 0 Å². The van der Waals surface area contributed by atoms with Gasteiger partial charge >= 0.3 is 0 Å². The Morgan fingerprint density at radius 1 is 1.00 bits per heavy atom. The van der Waals surface area contributed by atoms with Gasteiger partial charge in [-0.3, -0.25) is 0 Å². The van der Waals surface area contributed by atoms with Gasteiger partial charge < -0.3 is 54.3 Å². The Morgan fingerprint density at radius 2 is 1.80 bits per heavy atom. The number of aromatic hydroxyl groups is 2. The Hall–Kier alpha value is -2.90. The summed E-state index contributed by atoms with van der Waals surface area (Å²) < 4.78 is 28.4. The third kappa shape index (κ3) is 6.52. The fourth-order valence-electron chi connectivity index (χ4n) is 4.86. The van der Waals surface area contributed by atoms with Crippen molar-refractivity contribution in [3.05, 3.63) is 53.1 Å². The minimum atomic E-state index is -1.58. The minimum absolute atomic E-state index is 0.0488. The van der Waals surface area contributed by atoms with Gasteiger partial charge in [-0.15, -0.1) is 0 Å². The van der Waals surface area contributed by atoms with Gasteiger partial charge in [-0.1, -0.05) is 31.6 Å². The van der Waals surface area contributed by atoms with Gasteiger partial charge in [-0.05, 0) is 41.8 Å². The quantitative estimate of drug-likeness (QED) is 0.209. The lowest BCUT2D eigenvalue weighted by Gasteiger charge is -2.40. The Labute approximate surface area is 232 Å². The van der Waals surface area contributed by atoms with Crippen molar-refractivity contribution in [3.8, 4) is 23.0 Å². The van der Waals surface area contributed by atoms with Gasteiger partial charge in [0.25, 0.3) is 0 Å². The van der Waals surface area contributed by atoms with Crippen molar-refractivity contribution >= 4 is 6.08 Å². The Morgan fingerprint density at radius 3 is 2.52 bits per heavy atom. The Balaban J connectivity index is 1.61. The smallest absolute Gasteiger partial charge is 0.186 e. The summed E-state index contributed by atoms with van der Waals surface area (Å²) in [6, 6.07) is 8.20. The van der Waals surface area contributed by atoms with Crippen LogP contribution in [0, 0.1) is 0 Å². The van der Waals surface area contributed by atoms with Crippen molar-refractivity contribution in [1.82, 2.24) is 0 Å². The van der Waals surface area contributed by atoms with E-state index in [0.29, 0.717) is 29.9 Å². The number of methoxy groups -OCH3 is 1. The first kappa shape index (κ1) is 30.1. The number of aliphatic hydroxyl groups is 4. The highest BCUT2D eigenvalue weighted by Gasteiger charge is 2.45. The van der Waals surface area contributed by atoms with E-state index in [1.54, 1.807) is 18.2 Å². The van der Waals surface area contributed by atoms with Crippen molar-refractivity contribution in [2.45, 2.75) is 62.5 Å². The zero-order valence-electron chi connectivity index (χ0n) is 22.6. The molecule has 0 aliphatic carbocycles. The van der Waals surface area contributed by atoms with Crippen LogP contribution in [0.4, 0.5) is 0 Å². The molecule has 0 unspecified atom stereocenters. The second-order valence-corrected chi connectivity index (χ2v) is 9.90. The number of hydrogen-bond acceptors (Lipinski definition) is 11. The fourth-order valence-corrected chi connectivity index (χ4v) is 4.86. The summed E-state index contributed by atoms with van der Waals surface area (Å²) in [5.74, 6) is -0.156. The van der Waals surface area contributed by atoms with E-state index < -0.39 is 49.3 Å². The molecule has 0 aromatic heterocycles. The third-order valence-electron chi connectivity index (χ3n) is 7.12. The van der Waals surface area contributed by atoms with E-state index in [2.05, 4.69) is 6.92 Å². The Kier molecular flexibility index (Phi) is 10.3. The van der Waals surface area contributed by atoms with Crippen LogP contribution in [0.1, 0.15) is 48.5 Å². The summed E-state index contributed by atoms with van der Waals surface area (Å²) in [6.45, 7) is 2.51. The highest BCUT2D eigenvalue weighted by Crippen LogP contribution is 2.51. The standard InChI is InChI=1S/C29H38O11/c1-3-4-9-37-10-5-6-16-11-18-19(15-38-29-26(35)25(34)24(33)23(14-30)39-29)27(40-28(18)21(32)12-16)17-7-8-20(31)22(13-17)36-2/h5-8,11-13,19,23-27,29-35H,3-4,9-10,14-15H2,1-2H3/b6-5+/t19-,23-,24-,25+,26-,27+,29-/m1/s1. The first-order valence-electron chi connectivity index (χ1n) is 13.4. The van der Waals surface area contributed by atoms with E-state index in [4.69, 9.17) is 23.7 Å². The molecule has 4 rings (SSSR count). The second-order valence-electron chi connectivity index (χ2n) is 9.90. The molecule has 2 heterocycles. The molecule has 2 aliphatic rings. The predicted molar refractivity (Wildman–Crippen MR) is 143 cm³/mol. The van der Waals surface area contributed by atoms with Crippen molar-refractivity contribution in [1.29, 1.82) is 0 Å². The van der Waals surface area contributed by atoms with Gasteiger partial charge in [0.05, 0.1) is 32.8 Å². The highest BCUT2D eigenvalue weighted by atomic mass is 16.7. The fraction of sp³-hybridized carbons (Fsp3) is 0.517. The van der Waals surface area contributed by atoms with Crippen LogP contribution in [-0.4, -0.2) is 94.9 Å². The summed E-state index contributed by atoms with van der Waals surface area (Å²) in [6.07, 6.45) is -2.09. The van der Waals surface area contributed by atoms with Gasteiger partial charge in [0.15, 0.2) is 29.3 Å². The number of aliphatic hydroxyl groups excluding tert-OH is 4. The molecule has 11 heteroatoms. The molecular weight excluding hydrogens is 524 g/mol. The maximum Gasteiger partial charge on any atom is 0.186 e. The molecule has 2 aliphatic heterocycles. The summed E-state index contributed by atoms with van der Waals surface area (Å²) >= 11 is 0. The van der Waals surface area contributed by atoms with Gasteiger partial charge in [0.2, 0.25) is 0 Å². The zero-order chi connectivity index (χ0) is 28.8. The SMILES string of the molecule is CCCCOC/C=C/c1cc(O)c2c(c1)[C@@H](CO[C@@H]1O[C@H](CO)[C@@H](O)[C@H](O)[C@H]1O)[C@H](c1ccc(O)c(OC)c1)O2. The van der Waals surface area contributed by atoms with E-state index in [1.165, 1.54) is 13.2 Å². The highest BCUT2D eigenvalue weighted by molar-refractivity contribution is 5.62. The number of fused-ring (bicyclic) bond motifs is 1. The molecule has 1 saturated heterocycles. The summed E-state index contributed by atoms with van der Waals surface area (Å²) in [4.78, 5) is 0. The molecule has 220 valence electrons. The lowest BCUT2D eigenvalue weighted by atomic mass is 9.90. The molecule has 40 heavy (non-hydrogen) atoms. The van der Waals surface area contributed by atoms with Gasteiger partial charge in [0, 0.05) is 12.2 Å². The van der Waals surface area contributed by atoms with Crippen molar-refractivity contribution in [2.24, 2.45) is 0 Å². The maximum absolute atomic E-state index is 10.9. The molecule has 1 fully saturated rings. The molecule has 11 nitrogen and oxygen atoms in total. The lowest BCUT2D eigenvalue weighted by molar-refractivity contribution is -0.302. The van der Waals surface area contributed by atoms with Gasteiger partial charge in [0.1, 0.15) is 30.5 Å². The van der Waals surface area contributed by atoms with Crippen LogP contribution in [0.15, 0.2) is 36.4 Å². The van der Waals surface area contributed by atoms with Crippen LogP contribution in [0.5, 0.6) is 23.0 Å². The van der Waals surface area contributed by atoms with E-state index in [1.807, 2.05) is 18.2 Å². The Bertz CT molecular complexity index is 1150. The van der Waals surface area contributed by atoms with Crippen LogP contribution in [-0.2, 0) is 14.2 Å². The van der Waals surface area contributed by atoms with Crippen LogP contribution in [0.25, 0.3) is 6.08 Å². The number of ether oxygens (including phenoxy) is 5. The molecule has 0 bridgehead atoms. The average molecular weight is 563 g/mol. The predicted octanol–water partition coefficient (Wildman–Crippen LogP) is 1.97. The van der Waals surface area contributed by atoms with Crippen molar-refractivity contribution in [2.75, 3.05) is 33.5 Å². The topological polar surface area (TPSA) is 168 Å². The summed E-state index contributed by atoms with van der Waals surface area (Å²) in [5.41, 5.74) is 1.97. The normalized spacial score (nSPS) is 28.0. The van der Waals surface area contributed by atoms with Crippen LogP contribution in [0.3, 0.4) is 0 Å². The summed E-state index contributed by atoms with van der Waals surface area (Å²) in [5, 5.41) is 61.2. The molecule has 2 aromatic carbocycles. The van der Waals surface area contributed by atoms with Crippen molar-refractivity contribution in [3.63, 3.8) is 0 Å². The minimum Gasteiger partial charge on any atom is -0.504 e. The van der Waals surface area contributed by atoms with Crippen molar-refractivity contribution < 1.29 is 54.3 Å². The molecule has 0 spiro atoms. The zero-order valence-corrected chi connectivity index (χ0v) is 22.6. The monoisotopic (exact) mass is 562 g/mol. The summed E-state index contributed by atoms with van der Waals surface area (Å²) in [7, 11) is 1.43. The van der Waals surface area contributed by atoms with E-state index in [0.717, 1.165) is 12.8 Å². The van der Waals surface area contributed by atoms with E-state index in [-0.39, 0.29) is 29.6 Å². The molecule has 6 N–H and O–H groups in total. The number of phenolic OH excluding ortho intramolecular Hbond substituents is 2. The number of hydrogen-bond donors (Lipinski definition) is 6. The maximum atomic E-state index is 10.9. The molecule has 0 saturated carbocycles.